The molecule has 3 heteroatoms. The molecule has 0 saturated heterocycles. The Labute approximate surface area is 109 Å². The van der Waals surface area contributed by atoms with Crippen LogP contribution >= 0.6 is 11.8 Å². The van der Waals surface area contributed by atoms with Crippen molar-refractivity contribution in [3.8, 4) is 0 Å². The molecule has 0 radical (unpaired) electrons. The lowest BCUT2D eigenvalue weighted by molar-refractivity contribution is 0.811. The molecule has 0 aliphatic heterocycles. The van der Waals surface area contributed by atoms with Gasteiger partial charge in [-0.25, -0.2) is 0 Å². The van der Waals surface area contributed by atoms with E-state index in [0.717, 1.165) is 18.3 Å². The molecule has 0 unspecified atom stereocenters. The highest BCUT2D eigenvalue weighted by atomic mass is 32.2. The second kappa shape index (κ2) is 5.78. The summed E-state index contributed by atoms with van der Waals surface area (Å²) in [6.45, 7) is 6.15. The van der Waals surface area contributed by atoms with E-state index in [1.807, 2.05) is 11.8 Å². The maximum Gasteiger partial charge on any atom is 0.0425 e. The number of nitrogens with two attached hydrogens (primary N) is 1. The van der Waals surface area contributed by atoms with E-state index in [1.165, 1.54) is 29.0 Å². The zero-order valence-electron chi connectivity index (χ0n) is 10.8. The monoisotopic (exact) mass is 250 g/mol. The summed E-state index contributed by atoms with van der Waals surface area (Å²) in [5.74, 6) is 1.10. The predicted octanol–water partition coefficient (Wildman–Crippen LogP) is 3.25. The highest BCUT2D eigenvalue weighted by Crippen LogP contribution is 2.36. The van der Waals surface area contributed by atoms with Crippen LogP contribution in [-0.2, 0) is 6.54 Å². The summed E-state index contributed by atoms with van der Waals surface area (Å²) in [5, 5.41) is 0. The summed E-state index contributed by atoms with van der Waals surface area (Å²) in [5.41, 5.74) is 8.64. The molecule has 2 N–H and O–H groups in total. The summed E-state index contributed by atoms with van der Waals surface area (Å²) >= 11 is 1.89. The van der Waals surface area contributed by atoms with Gasteiger partial charge in [0.15, 0.2) is 0 Å². The van der Waals surface area contributed by atoms with Gasteiger partial charge in [-0.2, -0.15) is 0 Å². The summed E-state index contributed by atoms with van der Waals surface area (Å²) in [6.07, 6.45) is 2.67. The molecule has 1 aliphatic carbocycles. The van der Waals surface area contributed by atoms with Crippen molar-refractivity contribution in [2.24, 2.45) is 5.73 Å². The van der Waals surface area contributed by atoms with Gasteiger partial charge < -0.3 is 10.6 Å². The molecular formula is C14H22N2S. The topological polar surface area (TPSA) is 29.3 Å². The maximum atomic E-state index is 5.95. The van der Waals surface area contributed by atoms with E-state index in [9.17, 15) is 0 Å². The average molecular weight is 250 g/mol. The van der Waals surface area contributed by atoms with E-state index in [4.69, 9.17) is 5.73 Å². The fourth-order valence-corrected chi connectivity index (χ4v) is 3.18. The minimum absolute atomic E-state index is 0.641. The Morgan fingerprint density at radius 1 is 1.35 bits per heavy atom. The van der Waals surface area contributed by atoms with Crippen LogP contribution in [-0.4, -0.2) is 18.3 Å². The Bertz CT molecular complexity index is 374. The lowest BCUT2D eigenvalue weighted by Gasteiger charge is -2.26. The van der Waals surface area contributed by atoms with Crippen LogP contribution in [0.15, 0.2) is 23.1 Å². The van der Waals surface area contributed by atoms with Crippen molar-refractivity contribution in [3.05, 3.63) is 23.8 Å². The quantitative estimate of drug-likeness (QED) is 0.786. The Kier molecular flexibility index (Phi) is 4.35. The Morgan fingerprint density at radius 3 is 2.65 bits per heavy atom. The molecule has 0 aromatic heterocycles. The average Bonchev–Trinajstić information content (AvgIpc) is 3.15. The maximum absolute atomic E-state index is 5.95. The van der Waals surface area contributed by atoms with Crippen molar-refractivity contribution in [1.29, 1.82) is 0 Å². The van der Waals surface area contributed by atoms with Crippen molar-refractivity contribution < 1.29 is 0 Å². The van der Waals surface area contributed by atoms with E-state index in [-0.39, 0.29) is 0 Å². The molecule has 1 fully saturated rings. The van der Waals surface area contributed by atoms with Gasteiger partial charge in [-0.05, 0) is 37.7 Å². The largest absolute Gasteiger partial charge is 0.369 e. The summed E-state index contributed by atoms with van der Waals surface area (Å²) in [6, 6.07) is 7.34. The lowest BCUT2D eigenvalue weighted by atomic mass is 10.1. The van der Waals surface area contributed by atoms with Gasteiger partial charge in [0.25, 0.3) is 0 Å². The van der Waals surface area contributed by atoms with Gasteiger partial charge in [0, 0.05) is 35.3 Å². The second-order valence-electron chi connectivity index (χ2n) is 4.41. The zero-order chi connectivity index (χ0) is 12.3. The lowest BCUT2D eigenvalue weighted by Crippen LogP contribution is -2.26. The number of anilines is 1. The molecule has 1 saturated carbocycles. The van der Waals surface area contributed by atoms with Crippen LogP contribution in [0.2, 0.25) is 0 Å². The summed E-state index contributed by atoms with van der Waals surface area (Å²) < 4.78 is 0. The third kappa shape index (κ3) is 2.78. The zero-order valence-corrected chi connectivity index (χ0v) is 11.6. The highest BCUT2D eigenvalue weighted by Gasteiger charge is 2.29. The summed E-state index contributed by atoms with van der Waals surface area (Å²) in [7, 11) is 0. The molecule has 94 valence electrons. The Morgan fingerprint density at radius 2 is 2.12 bits per heavy atom. The van der Waals surface area contributed by atoms with E-state index in [0.29, 0.717) is 6.54 Å². The molecule has 0 bridgehead atoms. The third-order valence-corrected chi connectivity index (χ3v) is 4.23. The Balaban J connectivity index is 2.33. The van der Waals surface area contributed by atoms with E-state index in [2.05, 4.69) is 36.9 Å². The number of rotatable bonds is 6. The first-order chi connectivity index (χ1) is 8.31. The number of benzene rings is 1. The molecule has 2 rings (SSSR count). The molecular weight excluding hydrogens is 228 g/mol. The molecule has 1 aromatic rings. The SMILES string of the molecule is CCSc1cccc(N(CC)C2CC2)c1CN. The first-order valence-electron chi connectivity index (χ1n) is 6.53. The minimum atomic E-state index is 0.641. The van der Waals surface area contributed by atoms with Crippen LogP contribution in [0.3, 0.4) is 0 Å². The molecule has 17 heavy (non-hydrogen) atoms. The molecule has 0 atom stereocenters. The van der Waals surface area contributed by atoms with Gasteiger partial charge in [-0.15, -0.1) is 11.8 Å². The van der Waals surface area contributed by atoms with Gasteiger partial charge in [0.05, 0.1) is 0 Å². The summed E-state index contributed by atoms with van der Waals surface area (Å²) in [4.78, 5) is 3.87. The van der Waals surface area contributed by atoms with Gasteiger partial charge in [-0.1, -0.05) is 13.0 Å². The smallest absolute Gasteiger partial charge is 0.0425 e. The van der Waals surface area contributed by atoms with Gasteiger partial charge >= 0.3 is 0 Å². The van der Waals surface area contributed by atoms with Gasteiger partial charge in [-0.3, -0.25) is 0 Å². The van der Waals surface area contributed by atoms with Crippen LogP contribution in [0, 0.1) is 0 Å². The normalized spacial score (nSPS) is 15.0. The van der Waals surface area contributed by atoms with Crippen LogP contribution in [0.5, 0.6) is 0 Å². The first kappa shape index (κ1) is 12.8. The number of thioether (sulfide) groups is 1. The predicted molar refractivity (Wildman–Crippen MR) is 76.8 cm³/mol. The van der Waals surface area contributed by atoms with E-state index >= 15 is 0 Å². The fraction of sp³-hybridized carbons (Fsp3) is 0.571. The number of nitrogens with zero attached hydrogens (tertiary/aromatic N) is 1. The molecule has 0 spiro atoms. The molecule has 0 amide bonds. The van der Waals surface area contributed by atoms with Crippen molar-refractivity contribution in [2.45, 2.75) is 44.2 Å². The van der Waals surface area contributed by atoms with Gasteiger partial charge in [0.2, 0.25) is 0 Å². The molecule has 1 aromatic carbocycles. The third-order valence-electron chi connectivity index (χ3n) is 3.25. The van der Waals surface area contributed by atoms with Crippen molar-refractivity contribution >= 4 is 17.4 Å². The molecule has 1 aliphatic rings. The van der Waals surface area contributed by atoms with Crippen molar-refractivity contribution in [2.75, 3.05) is 17.2 Å². The molecule has 0 heterocycles. The van der Waals surface area contributed by atoms with Crippen LogP contribution in [0.25, 0.3) is 0 Å². The first-order valence-corrected chi connectivity index (χ1v) is 7.51. The highest BCUT2D eigenvalue weighted by molar-refractivity contribution is 7.99. The second-order valence-corrected chi connectivity index (χ2v) is 5.71. The van der Waals surface area contributed by atoms with Crippen molar-refractivity contribution in [3.63, 3.8) is 0 Å². The standard InChI is InChI=1S/C14H22N2S/c1-3-16(11-8-9-11)13-6-5-7-14(17-4-2)12(13)10-15/h5-7,11H,3-4,8-10,15H2,1-2H3. The van der Waals surface area contributed by atoms with Crippen LogP contribution in [0.1, 0.15) is 32.3 Å². The van der Waals surface area contributed by atoms with E-state index in [1.54, 1.807) is 0 Å². The van der Waals surface area contributed by atoms with Gasteiger partial charge in [0.1, 0.15) is 0 Å². The minimum Gasteiger partial charge on any atom is -0.369 e. The number of hydrogen-bond donors (Lipinski definition) is 1. The fourth-order valence-electron chi connectivity index (χ4n) is 2.33. The Hall–Kier alpha value is -0.670. The van der Waals surface area contributed by atoms with Crippen molar-refractivity contribution in [1.82, 2.24) is 0 Å². The van der Waals surface area contributed by atoms with Crippen LogP contribution < -0.4 is 10.6 Å². The van der Waals surface area contributed by atoms with E-state index < -0.39 is 0 Å². The van der Waals surface area contributed by atoms with Crippen LogP contribution in [0.4, 0.5) is 5.69 Å². The molecule has 2 nitrogen and oxygen atoms in total. The number of hydrogen-bond acceptors (Lipinski definition) is 3.